The van der Waals surface area contributed by atoms with Gasteiger partial charge in [-0.2, -0.15) is 0 Å². The van der Waals surface area contributed by atoms with Crippen molar-refractivity contribution < 1.29 is 4.39 Å². The van der Waals surface area contributed by atoms with Crippen LogP contribution in [0, 0.1) is 12.7 Å². The third-order valence-corrected chi connectivity index (χ3v) is 3.59. The topological polar surface area (TPSA) is 24.9 Å². The van der Waals surface area contributed by atoms with E-state index in [1.807, 2.05) is 19.1 Å². The molecule has 1 N–H and O–H groups in total. The summed E-state index contributed by atoms with van der Waals surface area (Å²) in [4.78, 5) is 4.43. The highest BCUT2D eigenvalue weighted by Crippen LogP contribution is 2.29. The van der Waals surface area contributed by atoms with Gasteiger partial charge in [-0.05, 0) is 36.8 Å². The van der Waals surface area contributed by atoms with Crippen LogP contribution in [0.15, 0.2) is 42.5 Å². The fraction of sp³-hybridized carbons (Fsp3) is 0.0714. The maximum atomic E-state index is 13.5. The molecule has 0 spiro atoms. The van der Waals surface area contributed by atoms with Crippen LogP contribution in [0.2, 0.25) is 0 Å². The molecule has 0 aliphatic carbocycles. The number of fused-ring (bicyclic) bond motifs is 1. The number of aromatic nitrogens is 1. The molecule has 0 aliphatic rings. The van der Waals surface area contributed by atoms with Gasteiger partial charge < -0.3 is 5.32 Å². The minimum Gasteiger partial charge on any atom is -0.329 e. The quantitative estimate of drug-likeness (QED) is 0.732. The number of hydrogen-bond donors (Lipinski definition) is 1. The zero-order valence-corrected chi connectivity index (χ0v) is 10.6. The molecule has 0 saturated heterocycles. The van der Waals surface area contributed by atoms with Crippen molar-refractivity contribution in [3.63, 3.8) is 0 Å². The van der Waals surface area contributed by atoms with Crippen molar-refractivity contribution in [1.82, 2.24) is 4.98 Å². The normalized spacial score (nSPS) is 10.8. The molecule has 1 aromatic heterocycles. The smallest absolute Gasteiger partial charge is 0.188 e. The number of anilines is 2. The van der Waals surface area contributed by atoms with Gasteiger partial charge in [0, 0.05) is 0 Å². The largest absolute Gasteiger partial charge is 0.329 e. The van der Waals surface area contributed by atoms with Crippen molar-refractivity contribution in [1.29, 1.82) is 0 Å². The molecule has 4 heteroatoms. The first kappa shape index (κ1) is 11.2. The summed E-state index contributed by atoms with van der Waals surface area (Å²) in [6.45, 7) is 2.04. The maximum absolute atomic E-state index is 13.5. The van der Waals surface area contributed by atoms with E-state index in [4.69, 9.17) is 0 Å². The zero-order valence-electron chi connectivity index (χ0n) is 9.77. The van der Waals surface area contributed by atoms with Crippen LogP contribution < -0.4 is 5.32 Å². The van der Waals surface area contributed by atoms with Crippen LogP contribution in [0.4, 0.5) is 15.2 Å². The van der Waals surface area contributed by atoms with Gasteiger partial charge in [-0.3, -0.25) is 0 Å². The summed E-state index contributed by atoms with van der Waals surface area (Å²) in [5, 5.41) is 3.72. The Hall–Kier alpha value is -1.94. The maximum Gasteiger partial charge on any atom is 0.188 e. The molecule has 0 aliphatic heterocycles. The third kappa shape index (κ3) is 2.07. The van der Waals surface area contributed by atoms with Crippen molar-refractivity contribution >= 4 is 32.4 Å². The molecule has 3 rings (SSSR count). The van der Waals surface area contributed by atoms with Crippen molar-refractivity contribution in [3.05, 3.63) is 53.8 Å². The molecular weight excluding hydrogens is 247 g/mol. The van der Waals surface area contributed by atoms with E-state index in [2.05, 4.69) is 16.4 Å². The number of para-hydroxylation sites is 1. The van der Waals surface area contributed by atoms with E-state index in [1.54, 1.807) is 18.2 Å². The second-order valence-electron chi connectivity index (χ2n) is 4.10. The minimum atomic E-state index is -0.270. The molecule has 3 aromatic rings. The van der Waals surface area contributed by atoms with E-state index < -0.39 is 0 Å². The minimum absolute atomic E-state index is 0.270. The number of nitrogens with zero attached hydrogens (tertiary/aromatic N) is 1. The molecular formula is C14H11FN2S. The Morgan fingerprint density at radius 2 is 2.00 bits per heavy atom. The monoisotopic (exact) mass is 258 g/mol. The van der Waals surface area contributed by atoms with Crippen LogP contribution in [0.25, 0.3) is 10.2 Å². The summed E-state index contributed by atoms with van der Waals surface area (Å²) in [5.41, 5.74) is 2.58. The van der Waals surface area contributed by atoms with Gasteiger partial charge in [0.05, 0.1) is 15.9 Å². The van der Waals surface area contributed by atoms with E-state index >= 15 is 0 Å². The Morgan fingerprint density at radius 3 is 2.83 bits per heavy atom. The Labute approximate surface area is 108 Å². The summed E-state index contributed by atoms with van der Waals surface area (Å²) in [6, 6.07) is 12.7. The summed E-state index contributed by atoms with van der Waals surface area (Å²) >= 11 is 1.53. The van der Waals surface area contributed by atoms with E-state index in [1.165, 1.54) is 23.0 Å². The lowest BCUT2D eigenvalue weighted by molar-refractivity contribution is 0.632. The molecule has 0 amide bonds. The van der Waals surface area contributed by atoms with Crippen LogP contribution in [0.5, 0.6) is 0 Å². The van der Waals surface area contributed by atoms with Gasteiger partial charge in [-0.25, -0.2) is 9.37 Å². The second-order valence-corrected chi connectivity index (χ2v) is 5.13. The molecule has 0 saturated carbocycles. The number of hydrogen-bond acceptors (Lipinski definition) is 3. The number of halogens is 1. The van der Waals surface area contributed by atoms with Crippen molar-refractivity contribution in [2.45, 2.75) is 6.92 Å². The molecule has 2 aromatic carbocycles. The molecule has 0 fully saturated rings. The summed E-state index contributed by atoms with van der Waals surface area (Å²) in [5.74, 6) is -0.270. The number of thiazole rings is 1. The standard InChI is InChI=1S/C14H11FN2S/c1-9-6-7-12-13(8-9)18-14(17-12)16-11-5-3-2-4-10(11)15/h2-8H,1H3,(H,16,17). The lowest BCUT2D eigenvalue weighted by Gasteiger charge is -2.02. The van der Waals surface area contributed by atoms with Gasteiger partial charge in [0.25, 0.3) is 0 Å². The van der Waals surface area contributed by atoms with Crippen LogP contribution in [-0.2, 0) is 0 Å². The molecule has 90 valence electrons. The fourth-order valence-electron chi connectivity index (χ4n) is 1.76. The molecule has 0 atom stereocenters. The Bertz CT molecular complexity index is 706. The number of aryl methyl sites for hydroxylation is 1. The van der Waals surface area contributed by atoms with Crippen molar-refractivity contribution in [2.75, 3.05) is 5.32 Å². The number of rotatable bonds is 2. The van der Waals surface area contributed by atoms with Crippen LogP contribution in [0.3, 0.4) is 0 Å². The van der Waals surface area contributed by atoms with E-state index in [0.29, 0.717) is 10.8 Å². The molecule has 2 nitrogen and oxygen atoms in total. The summed E-state index contributed by atoms with van der Waals surface area (Å²) < 4.78 is 14.6. The van der Waals surface area contributed by atoms with Gasteiger partial charge in [0.15, 0.2) is 5.13 Å². The van der Waals surface area contributed by atoms with Gasteiger partial charge in [0.1, 0.15) is 5.82 Å². The van der Waals surface area contributed by atoms with Crippen LogP contribution in [-0.4, -0.2) is 4.98 Å². The Morgan fingerprint density at radius 1 is 1.17 bits per heavy atom. The second kappa shape index (κ2) is 4.38. The van der Waals surface area contributed by atoms with Crippen LogP contribution >= 0.6 is 11.3 Å². The van der Waals surface area contributed by atoms with Gasteiger partial charge in [0.2, 0.25) is 0 Å². The molecule has 0 radical (unpaired) electrons. The predicted molar refractivity (Wildman–Crippen MR) is 74.0 cm³/mol. The van der Waals surface area contributed by atoms with Gasteiger partial charge in [-0.1, -0.05) is 29.5 Å². The fourth-order valence-corrected chi connectivity index (χ4v) is 2.74. The van der Waals surface area contributed by atoms with E-state index in [-0.39, 0.29) is 5.82 Å². The van der Waals surface area contributed by atoms with Crippen molar-refractivity contribution in [2.24, 2.45) is 0 Å². The first-order chi connectivity index (χ1) is 8.72. The lowest BCUT2D eigenvalue weighted by atomic mass is 10.2. The van der Waals surface area contributed by atoms with E-state index in [9.17, 15) is 4.39 Å². The van der Waals surface area contributed by atoms with Gasteiger partial charge in [-0.15, -0.1) is 0 Å². The Kier molecular flexibility index (Phi) is 2.72. The molecule has 0 bridgehead atoms. The highest BCUT2D eigenvalue weighted by atomic mass is 32.1. The molecule has 1 heterocycles. The Balaban J connectivity index is 1.98. The molecule has 18 heavy (non-hydrogen) atoms. The molecule has 0 unspecified atom stereocenters. The van der Waals surface area contributed by atoms with Gasteiger partial charge >= 0.3 is 0 Å². The van der Waals surface area contributed by atoms with Crippen LogP contribution in [0.1, 0.15) is 5.56 Å². The number of benzene rings is 2. The van der Waals surface area contributed by atoms with E-state index in [0.717, 1.165) is 10.2 Å². The SMILES string of the molecule is Cc1ccc2nc(Nc3ccccc3F)sc2c1. The van der Waals surface area contributed by atoms with Crippen molar-refractivity contribution in [3.8, 4) is 0 Å². The zero-order chi connectivity index (χ0) is 12.5. The summed E-state index contributed by atoms with van der Waals surface area (Å²) in [6.07, 6.45) is 0. The highest BCUT2D eigenvalue weighted by molar-refractivity contribution is 7.22. The first-order valence-electron chi connectivity index (χ1n) is 5.61. The summed E-state index contributed by atoms with van der Waals surface area (Å²) in [7, 11) is 0. The first-order valence-corrected chi connectivity index (χ1v) is 6.43. The third-order valence-electron chi connectivity index (χ3n) is 2.66. The average molecular weight is 258 g/mol. The highest BCUT2D eigenvalue weighted by Gasteiger charge is 2.06. The number of nitrogens with one attached hydrogen (secondary N) is 1. The predicted octanol–water partition coefficient (Wildman–Crippen LogP) is 4.49. The average Bonchev–Trinajstić information content (AvgIpc) is 2.73. The lowest BCUT2D eigenvalue weighted by Crippen LogP contribution is -1.91.